The number of aromatic hydroxyl groups is 1. The van der Waals surface area contributed by atoms with Crippen LogP contribution in [0.25, 0.3) is 10.9 Å². The molecule has 19 atom stereocenters. The molecule has 1 aromatic heterocycles. The first-order valence-electron chi connectivity index (χ1n) is 43.8. The number of primary amides is 1. The van der Waals surface area contributed by atoms with Gasteiger partial charge in [0.05, 0.1) is 31.3 Å². The number of amides is 16. The molecule has 0 saturated carbocycles. The number of phenolic OH excluding ortho intramolecular Hbond substituents is 1. The van der Waals surface area contributed by atoms with Gasteiger partial charge in [-0.2, -0.15) is 25.3 Å². The number of thiol groups is 2. The number of para-hydroxylation sites is 1. The van der Waals surface area contributed by atoms with E-state index in [0.29, 0.717) is 24.0 Å². The Kier molecular flexibility index (Phi) is 48.2. The van der Waals surface area contributed by atoms with Crippen LogP contribution in [0.15, 0.2) is 54.7 Å². The minimum atomic E-state index is -2.04. The molecule has 2 heterocycles. The second-order valence-electron chi connectivity index (χ2n) is 33.4. The largest absolute Gasteiger partial charge is 0.508 e. The van der Waals surface area contributed by atoms with Crippen molar-refractivity contribution in [2.24, 2.45) is 57.7 Å². The highest BCUT2D eigenvalue weighted by Crippen LogP contribution is 2.25. The van der Waals surface area contributed by atoms with E-state index in [4.69, 9.17) is 51.3 Å². The highest BCUT2D eigenvalue weighted by molar-refractivity contribution is 7.81. The number of carboxylic acids is 1. The van der Waals surface area contributed by atoms with Crippen molar-refractivity contribution >= 4 is 143 Å². The van der Waals surface area contributed by atoms with Gasteiger partial charge in [-0.25, -0.2) is 4.79 Å². The van der Waals surface area contributed by atoms with Gasteiger partial charge < -0.3 is 161 Å². The number of nitrogens with zero attached hydrogens (tertiary/aromatic N) is 1. The topological polar surface area (TPSA) is 823 Å². The van der Waals surface area contributed by atoms with Crippen molar-refractivity contribution in [1.29, 1.82) is 5.41 Å². The number of carbonyl (C=O) groups excluding carboxylic acids is 16. The average Bonchev–Trinajstić information content (AvgIpc) is 1.67. The molecule has 4 rings (SSSR count). The number of aromatic nitrogens is 1. The zero-order chi connectivity index (χ0) is 99.8. The summed E-state index contributed by atoms with van der Waals surface area (Å²) in [7, 11) is 0. The van der Waals surface area contributed by atoms with Crippen LogP contribution in [0.3, 0.4) is 0 Å². The van der Waals surface area contributed by atoms with E-state index in [1.54, 1.807) is 58.2 Å². The molecule has 1 fully saturated rings. The smallest absolute Gasteiger partial charge is 0.326 e. The molecule has 1 aliphatic rings. The summed E-state index contributed by atoms with van der Waals surface area (Å²) < 4.78 is -1.48. The van der Waals surface area contributed by atoms with Crippen molar-refractivity contribution in [3.05, 3.63) is 65.9 Å². The number of benzene rings is 2. The van der Waals surface area contributed by atoms with Crippen molar-refractivity contribution in [2.45, 2.75) is 252 Å². The lowest BCUT2D eigenvalue weighted by Gasteiger charge is -2.34. The molecule has 3 aromatic rings. The summed E-state index contributed by atoms with van der Waals surface area (Å²) in [4.78, 5) is 243. The molecule has 0 spiro atoms. The lowest BCUT2D eigenvalue weighted by atomic mass is 9.95. The number of aliphatic hydroxyl groups excluding tert-OH is 3. The van der Waals surface area contributed by atoms with Gasteiger partial charge in [-0.1, -0.05) is 64.4 Å². The lowest BCUT2D eigenvalue weighted by Crippen LogP contribution is -2.64. The Morgan fingerprint density at radius 1 is 0.534 bits per heavy atom. The summed E-state index contributed by atoms with van der Waals surface area (Å²) >= 11 is 8.83. The van der Waals surface area contributed by atoms with Crippen molar-refractivity contribution in [3.8, 4) is 5.75 Å². The van der Waals surface area contributed by atoms with Crippen LogP contribution in [0.4, 0.5) is 0 Å². The lowest BCUT2D eigenvalue weighted by molar-refractivity contribution is -0.142. The first-order valence-corrected chi connectivity index (χ1v) is 44.8. The predicted octanol–water partition coefficient (Wildman–Crippen LogP) is -9.80. The minimum absolute atomic E-state index is 0.0941. The molecule has 742 valence electrons. The molecule has 16 amide bonds. The third-order valence-corrected chi connectivity index (χ3v) is 22.5. The molecular formula is C83H136N26O22S2. The zero-order valence-electron chi connectivity index (χ0n) is 75.6. The maximum absolute atomic E-state index is 14.7. The summed E-state index contributed by atoms with van der Waals surface area (Å²) in [5, 5.41) is 98.0. The highest BCUT2D eigenvalue weighted by Gasteiger charge is 2.46. The third kappa shape index (κ3) is 36.7. The van der Waals surface area contributed by atoms with Crippen LogP contribution in [0.2, 0.25) is 0 Å². The second kappa shape index (κ2) is 56.4. The van der Waals surface area contributed by atoms with E-state index in [2.05, 4.69) is 110 Å². The Hall–Kier alpha value is -11.6. The number of guanidine groups is 1. The Morgan fingerprint density at radius 2 is 0.970 bits per heavy atom. The molecule has 0 unspecified atom stereocenters. The molecule has 0 radical (unpaired) electrons. The highest BCUT2D eigenvalue weighted by atomic mass is 32.1. The number of nitrogens with two attached hydrogens (primary N) is 8. The van der Waals surface area contributed by atoms with Crippen molar-refractivity contribution in [2.75, 3.05) is 58.2 Å². The van der Waals surface area contributed by atoms with Crippen LogP contribution >= 0.6 is 25.3 Å². The molecule has 1 saturated heterocycles. The molecule has 38 N–H and O–H groups in total. The SMILES string of the molecule is CC[C@H](C)[C@H](NC(=O)[C@@H]1C[C@@H](O)CN1C(=O)[C@@H](N)C(C)C)C(=O)N[C@H](C(=O)N[C@@H](Cc1ccc(O)cc1)C(=O)N[C@@H](CO)C(=O)N[C@@H](CC(N)=O)C(=O)N[C@@H](CCCNC(=N)N)C(=O)N[C@@H](CCN)C(=O)N[C@H](C(=O)N[C@H](CCN)C(=O)N[C@@H](CCCCN)C(=O)N[C@@H](CCN)C(=O)N[C@@H](CCN)C(=O)N[C@@H](CS)C(=O)N[C@@H](Cc1c[nH]c2ccccc12)C(=O)O)[C@@H](C)O)C(C)(C)S. The van der Waals surface area contributed by atoms with Gasteiger partial charge in [-0.05, 0) is 152 Å². The fourth-order valence-electron chi connectivity index (χ4n) is 14.1. The number of aliphatic carboxylic acids is 1. The number of carboxylic acid groups (broad SMARTS) is 1. The van der Waals surface area contributed by atoms with Gasteiger partial charge in [0, 0.05) is 60.0 Å². The molecule has 1 aliphatic heterocycles. The number of unbranched alkanes of at least 4 members (excludes halogenated alkanes) is 1. The van der Waals surface area contributed by atoms with E-state index in [1.165, 1.54) is 38.1 Å². The van der Waals surface area contributed by atoms with Gasteiger partial charge in [-0.3, -0.25) is 82.1 Å². The van der Waals surface area contributed by atoms with Crippen LogP contribution in [-0.4, -0.2) is 314 Å². The molecule has 0 aliphatic carbocycles. The molecular weight excluding hydrogens is 1780 g/mol. The van der Waals surface area contributed by atoms with Crippen LogP contribution in [-0.2, 0) is 94.3 Å². The second-order valence-corrected chi connectivity index (χ2v) is 34.9. The minimum Gasteiger partial charge on any atom is -0.508 e. The van der Waals surface area contributed by atoms with Gasteiger partial charge in [0.25, 0.3) is 0 Å². The average molecular weight is 1910 g/mol. The maximum Gasteiger partial charge on any atom is 0.326 e. The number of nitrogens with one attached hydrogen (secondary N) is 17. The van der Waals surface area contributed by atoms with Gasteiger partial charge in [0.15, 0.2) is 5.96 Å². The van der Waals surface area contributed by atoms with E-state index in [-0.39, 0.29) is 121 Å². The number of hydrogen-bond donors (Lipinski definition) is 32. The zero-order valence-corrected chi connectivity index (χ0v) is 77.4. The molecule has 2 aromatic carbocycles. The maximum atomic E-state index is 14.7. The number of carbonyl (C=O) groups is 17. The van der Waals surface area contributed by atoms with Crippen LogP contribution in [0.1, 0.15) is 137 Å². The number of H-pyrrole nitrogens is 1. The number of rotatable bonds is 59. The third-order valence-electron chi connectivity index (χ3n) is 21.9. The van der Waals surface area contributed by atoms with Gasteiger partial charge in [0.1, 0.15) is 96.4 Å². The normalized spacial score (nSPS) is 17.0. The number of hydrogen-bond acceptors (Lipinski definition) is 30. The number of aromatic amines is 1. The summed E-state index contributed by atoms with van der Waals surface area (Å²) in [6, 6.07) is -13.1. The Morgan fingerprint density at radius 3 is 1.44 bits per heavy atom. The summed E-state index contributed by atoms with van der Waals surface area (Å²) in [5.41, 5.74) is 48.3. The first kappa shape index (κ1) is 114. The monoisotopic (exact) mass is 1910 g/mol. The summed E-state index contributed by atoms with van der Waals surface area (Å²) in [6.45, 7) is 8.22. The fraction of sp³-hybridized carbons (Fsp3) is 0.614. The van der Waals surface area contributed by atoms with E-state index >= 15 is 0 Å². The van der Waals surface area contributed by atoms with E-state index in [9.17, 15) is 107 Å². The van der Waals surface area contributed by atoms with E-state index in [1.807, 2.05) is 0 Å². The standard InChI is InChI=1S/C83H136N26O22S2/c1-8-41(4)63(106-76(125)60-34-46(113)37-109(60)80(129)62(90)40(2)3)77(126)108-65(83(6,7)133)79(128)102-55(32-43-18-20-45(112)21-19-43)72(121)104-58(38-110)74(123)101-56(35-61(89)114)73(122)96-50(17-13-31-93-82(91)92)67(116)99-54(25-30-88)71(120)107-64(42(5)111)78(127)100-53(24-29-87)69(118)95-49(16-11-12-26-84)66(115)97-51(22-27-85)68(117)98-52(23-28-86)70(119)105-59(39-132)75(124)103-57(81(130)131)33-44-36-94-48-15-10-9-14-47(44)48/h9-10,14-15,18-21,36,40-42,46,49-60,62-65,94,110-113,132-133H,8,11-13,16-17,22-35,37-39,84-88,90H2,1-7H3,(H2,89,114)(H,95,118)(H,96,122)(H,97,115)(H,98,117)(H,99,116)(H,100,127)(H,101,123)(H,102,128)(H,103,124)(H,104,121)(H,105,119)(H,106,125)(H,107,120)(H,108,126)(H,130,131)(H4,91,92,93)/t41-,42+,46+,49-,50-,51-,52-,53+,54-,55-,56-,57-,58-,59-,60-,62-,63-,64-,65+/m0/s1. The molecule has 133 heavy (non-hydrogen) atoms. The molecule has 0 bridgehead atoms. The van der Waals surface area contributed by atoms with Crippen LogP contribution < -0.4 is 126 Å². The Labute approximate surface area is 780 Å². The predicted molar refractivity (Wildman–Crippen MR) is 493 cm³/mol. The first-order chi connectivity index (χ1) is 62.7. The van der Waals surface area contributed by atoms with Gasteiger partial charge in [0.2, 0.25) is 94.5 Å². The Balaban J connectivity index is 1.54. The number of fused-ring (bicyclic) bond motifs is 1. The van der Waals surface area contributed by atoms with Crippen LogP contribution in [0.5, 0.6) is 5.75 Å². The fourth-order valence-corrected chi connectivity index (χ4v) is 14.5. The molecule has 48 nitrogen and oxygen atoms in total. The number of aliphatic hydroxyl groups is 3. The number of β-amino-alcohol motifs (C(OH)–C–C–N with tert-alkyl or cyclic N) is 1. The summed E-state index contributed by atoms with van der Waals surface area (Å²) in [6.07, 6.45) is -4.07. The summed E-state index contributed by atoms with van der Waals surface area (Å²) in [5.74, 6) is -20.2. The van der Waals surface area contributed by atoms with Gasteiger partial charge in [-0.15, -0.1) is 0 Å². The number of likely N-dealkylation sites (tertiary alicyclic amines) is 1. The van der Waals surface area contributed by atoms with Crippen LogP contribution in [0, 0.1) is 17.2 Å². The van der Waals surface area contributed by atoms with E-state index in [0.717, 1.165) is 22.7 Å². The Bertz CT molecular complexity index is 4450. The quantitative estimate of drug-likeness (QED) is 0.0108. The van der Waals surface area contributed by atoms with Gasteiger partial charge >= 0.3 is 5.97 Å². The van der Waals surface area contributed by atoms with E-state index < -0.39 is 252 Å². The van der Waals surface area contributed by atoms with Crippen molar-refractivity contribution < 1.29 is 107 Å². The van der Waals surface area contributed by atoms with Crippen molar-refractivity contribution in [1.82, 2.24) is 89.6 Å². The van der Waals surface area contributed by atoms with Crippen molar-refractivity contribution in [3.63, 3.8) is 0 Å². The number of phenols is 1. The molecule has 50 heteroatoms.